The minimum Gasteiger partial charge on any atom is -0.0652 e. The van der Waals surface area contributed by atoms with Crippen molar-refractivity contribution >= 4 is 31.6 Å². The normalized spacial score (nSPS) is 10.9. The topological polar surface area (TPSA) is 0 Å². The molecule has 0 spiro atoms. The molecule has 0 saturated heterocycles. The third-order valence-corrected chi connectivity index (χ3v) is 8.96. The molecule has 0 nitrogen and oxygen atoms in total. The maximum absolute atomic E-state index is 2.32. The van der Waals surface area contributed by atoms with Gasteiger partial charge in [0.05, 0.1) is 6.16 Å². The van der Waals surface area contributed by atoms with Crippen LogP contribution >= 0.6 is 7.26 Å². The summed E-state index contributed by atoms with van der Waals surface area (Å²) >= 11 is 0. The van der Waals surface area contributed by atoms with Crippen molar-refractivity contribution in [1.82, 2.24) is 0 Å². The Balaban J connectivity index is 0.00000208. The van der Waals surface area contributed by atoms with Crippen LogP contribution in [-0.2, 0) is 0 Å². The Kier molecular flexibility index (Phi) is 6.82. The maximum atomic E-state index is 2.32. The predicted octanol–water partition coefficient (Wildman–Crippen LogP) is 3.33. The first-order valence-electron chi connectivity index (χ1n) is 8.43. The van der Waals surface area contributed by atoms with E-state index < -0.39 is 7.26 Å². The first-order valence-corrected chi connectivity index (χ1v) is 10.4. The van der Waals surface area contributed by atoms with Crippen molar-refractivity contribution in [3.8, 4) is 0 Å². The molecule has 0 unspecified atom stereocenters. The Labute approximate surface area is 148 Å². The smallest absolute Gasteiger partial charge is 0.0652 e. The van der Waals surface area contributed by atoms with Gasteiger partial charge in [-0.25, -0.2) is 0 Å². The molecule has 0 atom stereocenters. The fourth-order valence-corrected chi connectivity index (χ4v) is 7.78. The van der Waals surface area contributed by atoms with Gasteiger partial charge in [-0.15, -0.1) is 0 Å². The lowest BCUT2D eigenvalue weighted by Crippen LogP contribution is -2.33. The maximum Gasteiger partial charge on any atom is 0.112 e. The van der Waals surface area contributed by atoms with Gasteiger partial charge < -0.3 is 0 Å². The molecule has 0 aliphatic rings. The van der Waals surface area contributed by atoms with Crippen molar-refractivity contribution < 1.29 is 0 Å². The fraction of sp³-hybridized carbons (Fsp3) is 0.182. The lowest BCUT2D eigenvalue weighted by molar-refractivity contribution is 0.891. The van der Waals surface area contributed by atoms with Gasteiger partial charge in [-0.2, -0.15) is 0 Å². The second kappa shape index (κ2) is 8.85. The Bertz CT molecular complexity index is 614. The summed E-state index contributed by atoms with van der Waals surface area (Å²) < 4.78 is 0. The molecule has 0 aliphatic carbocycles. The molecule has 3 aromatic carbocycles. The van der Waals surface area contributed by atoms with E-state index in [1.807, 2.05) is 0 Å². The summed E-state index contributed by atoms with van der Waals surface area (Å²) in [6, 6.07) is 33.4. The van der Waals surface area contributed by atoms with Crippen molar-refractivity contribution in [2.75, 3.05) is 6.16 Å². The highest BCUT2D eigenvalue weighted by atomic mass is 31.2. The van der Waals surface area contributed by atoms with Crippen LogP contribution in [0.25, 0.3) is 0 Å². The fourth-order valence-electron chi connectivity index (χ4n) is 3.28. The summed E-state index contributed by atoms with van der Waals surface area (Å²) in [6.45, 7) is 2.29. The molecule has 0 aliphatic heterocycles. The zero-order chi connectivity index (χ0) is 16.0. The van der Waals surface area contributed by atoms with Crippen LogP contribution in [0.1, 0.15) is 19.8 Å². The Morgan fingerprint density at radius 2 is 0.917 bits per heavy atom. The van der Waals surface area contributed by atoms with E-state index in [-0.39, 0.29) is 8.41 Å². The van der Waals surface area contributed by atoms with E-state index in [0.29, 0.717) is 0 Å². The third kappa shape index (κ3) is 3.63. The van der Waals surface area contributed by atoms with Gasteiger partial charge in [0.15, 0.2) is 0 Å². The largest absolute Gasteiger partial charge is 0.112 e. The molecule has 2 heteroatoms. The van der Waals surface area contributed by atoms with Crippen LogP contribution in [-0.4, -0.2) is 14.6 Å². The number of unbranched alkanes of at least 4 members (excludes halogenated alkanes) is 1. The number of hydrogen-bond donors (Lipinski definition) is 0. The number of hydrogen-bond acceptors (Lipinski definition) is 0. The first kappa shape index (κ1) is 18.5. The zero-order valence-electron chi connectivity index (χ0n) is 13.7. The average Bonchev–Trinajstić information content (AvgIpc) is 2.65. The summed E-state index contributed by atoms with van der Waals surface area (Å²) in [7, 11) is -1.57. The van der Waals surface area contributed by atoms with Gasteiger partial charge in [0, 0.05) is 0 Å². The summed E-state index contributed by atoms with van der Waals surface area (Å²) in [5, 5.41) is 4.47. The van der Waals surface area contributed by atoms with Crippen molar-refractivity contribution in [2.24, 2.45) is 0 Å². The SMILES string of the molecule is CCCC[P+](c1ccccc1)(c1ccccc1)c1ccccc1.[BH4-]. The van der Waals surface area contributed by atoms with E-state index in [9.17, 15) is 0 Å². The second-order valence-electron chi connectivity index (χ2n) is 5.89. The molecular weight excluding hydrogens is 306 g/mol. The summed E-state index contributed by atoms with van der Waals surface area (Å²) in [4.78, 5) is 0. The Morgan fingerprint density at radius 3 is 1.21 bits per heavy atom. The van der Waals surface area contributed by atoms with Gasteiger partial charge in [0.2, 0.25) is 0 Å². The van der Waals surface area contributed by atoms with Gasteiger partial charge in [-0.3, -0.25) is 0 Å². The van der Waals surface area contributed by atoms with E-state index in [2.05, 4.69) is 97.9 Å². The Hall–Kier alpha value is -1.85. The summed E-state index contributed by atoms with van der Waals surface area (Å²) in [6.07, 6.45) is 3.72. The minimum absolute atomic E-state index is 0. The molecule has 0 heterocycles. The van der Waals surface area contributed by atoms with E-state index in [1.54, 1.807) is 0 Å². The number of benzene rings is 3. The molecule has 0 saturated carbocycles. The van der Waals surface area contributed by atoms with Crippen LogP contribution in [0.15, 0.2) is 91.0 Å². The molecule has 3 rings (SSSR count). The van der Waals surface area contributed by atoms with E-state index >= 15 is 0 Å². The third-order valence-electron chi connectivity index (χ3n) is 4.44. The van der Waals surface area contributed by atoms with Gasteiger partial charge in [-0.1, -0.05) is 76.4 Å². The zero-order valence-corrected chi connectivity index (χ0v) is 14.6. The lowest BCUT2D eigenvalue weighted by Gasteiger charge is -2.27. The number of rotatable bonds is 6. The molecule has 0 radical (unpaired) electrons. The predicted molar refractivity (Wildman–Crippen MR) is 116 cm³/mol. The van der Waals surface area contributed by atoms with E-state index in [4.69, 9.17) is 0 Å². The summed E-state index contributed by atoms with van der Waals surface area (Å²) in [5.41, 5.74) is 0. The molecule has 124 valence electrons. The average molecular weight is 334 g/mol. The first-order chi connectivity index (χ1) is 11.4. The lowest BCUT2D eigenvalue weighted by atomic mass is 10.3. The minimum atomic E-state index is -1.57. The van der Waals surface area contributed by atoms with Crippen LogP contribution < -0.4 is 15.9 Å². The molecule has 0 amide bonds. The molecule has 0 aromatic heterocycles. The van der Waals surface area contributed by atoms with Crippen LogP contribution in [0.5, 0.6) is 0 Å². The van der Waals surface area contributed by atoms with Gasteiger partial charge >= 0.3 is 0 Å². The van der Waals surface area contributed by atoms with Crippen LogP contribution in [0.4, 0.5) is 0 Å². The molecule has 3 aromatic rings. The van der Waals surface area contributed by atoms with Gasteiger partial charge in [0.1, 0.15) is 23.2 Å². The molecule has 24 heavy (non-hydrogen) atoms. The van der Waals surface area contributed by atoms with Crippen molar-refractivity contribution in [3.63, 3.8) is 0 Å². The second-order valence-corrected chi connectivity index (χ2v) is 9.51. The quantitative estimate of drug-likeness (QED) is 0.479. The van der Waals surface area contributed by atoms with Crippen molar-refractivity contribution in [2.45, 2.75) is 19.8 Å². The molecule has 0 bridgehead atoms. The highest BCUT2D eigenvalue weighted by molar-refractivity contribution is 7.95. The van der Waals surface area contributed by atoms with Crippen molar-refractivity contribution in [1.29, 1.82) is 0 Å². The van der Waals surface area contributed by atoms with Crippen LogP contribution in [0.2, 0.25) is 0 Å². The molecular formula is C22H28BP. The monoisotopic (exact) mass is 334 g/mol. The van der Waals surface area contributed by atoms with Crippen LogP contribution in [0, 0.1) is 0 Å². The highest BCUT2D eigenvalue weighted by Crippen LogP contribution is 2.55. The van der Waals surface area contributed by atoms with Gasteiger partial charge in [0.25, 0.3) is 0 Å². The Morgan fingerprint density at radius 1 is 0.583 bits per heavy atom. The van der Waals surface area contributed by atoms with E-state index in [1.165, 1.54) is 34.9 Å². The van der Waals surface area contributed by atoms with Crippen LogP contribution in [0.3, 0.4) is 0 Å². The molecule has 0 fully saturated rings. The van der Waals surface area contributed by atoms with Crippen molar-refractivity contribution in [3.05, 3.63) is 91.0 Å². The van der Waals surface area contributed by atoms with Gasteiger partial charge in [-0.05, 0) is 42.8 Å². The molecule has 0 N–H and O–H groups in total. The summed E-state index contributed by atoms with van der Waals surface area (Å²) in [5.74, 6) is 0. The highest BCUT2D eigenvalue weighted by Gasteiger charge is 2.44. The standard InChI is InChI=1S/C22H24P.BH4/c1-2-3-19-23(20-13-7-4-8-14-20,21-15-9-5-10-16-21)22-17-11-6-12-18-22;/h4-18H,2-3,19H2,1H3;1H4/q+1;-1. The van der Waals surface area contributed by atoms with E-state index in [0.717, 1.165) is 0 Å².